The average molecular weight is 274 g/mol. The number of para-hydroxylation sites is 2. The third kappa shape index (κ3) is 4.59. The van der Waals surface area contributed by atoms with Crippen LogP contribution in [0.5, 0.6) is 0 Å². The lowest BCUT2D eigenvalue weighted by Gasteiger charge is -2.13. The Morgan fingerprint density at radius 1 is 1.10 bits per heavy atom. The fourth-order valence-corrected chi connectivity index (χ4v) is 1.75. The first-order valence-corrected chi connectivity index (χ1v) is 6.86. The lowest BCUT2D eigenvalue weighted by Crippen LogP contribution is -2.21. The van der Waals surface area contributed by atoms with Crippen LogP contribution in [0.1, 0.15) is 31.3 Å². The van der Waals surface area contributed by atoms with Gasteiger partial charge in [0.15, 0.2) is 0 Å². The van der Waals surface area contributed by atoms with Gasteiger partial charge in [-0.2, -0.15) is 0 Å². The summed E-state index contributed by atoms with van der Waals surface area (Å²) in [5.74, 6) is -0.557. The molecule has 5 heteroatoms. The van der Waals surface area contributed by atoms with Crippen LogP contribution in [0.4, 0.5) is 0 Å². The molecule has 0 saturated heterocycles. The van der Waals surface area contributed by atoms with E-state index in [4.69, 9.17) is 5.73 Å². The standard InChI is InChI=1S/C9H7N3O.C6H15N/c10-9(13)8-5-11-6-3-1-2-4-7(6)12-8;1-4-7(5-2)6-3/h1-5H,(H2,10,13);4-6H2,1-3H3. The Kier molecular flexibility index (Phi) is 6.59. The number of carbonyl (C=O) groups is 1. The van der Waals surface area contributed by atoms with Gasteiger partial charge in [-0.15, -0.1) is 0 Å². The van der Waals surface area contributed by atoms with Crippen LogP contribution in [0.3, 0.4) is 0 Å². The maximum absolute atomic E-state index is 10.8. The fraction of sp³-hybridized carbons (Fsp3) is 0.400. The van der Waals surface area contributed by atoms with E-state index in [1.807, 2.05) is 18.2 Å². The number of nitrogens with two attached hydrogens (primary N) is 1. The second-order valence-corrected chi connectivity index (χ2v) is 4.23. The largest absolute Gasteiger partial charge is 0.364 e. The van der Waals surface area contributed by atoms with Crippen LogP contribution < -0.4 is 5.73 Å². The van der Waals surface area contributed by atoms with Crippen LogP contribution in [0, 0.1) is 0 Å². The smallest absolute Gasteiger partial charge is 0.268 e. The van der Waals surface area contributed by atoms with Gasteiger partial charge in [-0.05, 0) is 31.8 Å². The highest BCUT2D eigenvalue weighted by atomic mass is 16.1. The van der Waals surface area contributed by atoms with E-state index >= 15 is 0 Å². The molecule has 2 rings (SSSR count). The summed E-state index contributed by atoms with van der Waals surface area (Å²) >= 11 is 0. The SMILES string of the molecule is CCN(CC)CC.NC(=O)c1cnc2ccccc2n1. The Balaban J connectivity index is 0.000000246. The molecule has 1 aromatic carbocycles. The predicted molar refractivity (Wildman–Crippen MR) is 81.5 cm³/mol. The molecule has 2 N–H and O–H groups in total. The van der Waals surface area contributed by atoms with E-state index in [2.05, 4.69) is 35.6 Å². The van der Waals surface area contributed by atoms with Crippen molar-refractivity contribution in [2.75, 3.05) is 19.6 Å². The maximum atomic E-state index is 10.8. The molecule has 20 heavy (non-hydrogen) atoms. The number of fused-ring (bicyclic) bond motifs is 1. The number of hydrogen-bond acceptors (Lipinski definition) is 4. The molecular formula is C15H22N4O. The summed E-state index contributed by atoms with van der Waals surface area (Å²) in [6, 6.07) is 7.31. The molecule has 1 amide bonds. The van der Waals surface area contributed by atoms with Crippen LogP contribution in [-0.4, -0.2) is 40.4 Å². The summed E-state index contributed by atoms with van der Waals surface area (Å²) in [5, 5.41) is 0. The molecule has 2 aromatic rings. The van der Waals surface area contributed by atoms with Gasteiger partial charge in [0.05, 0.1) is 17.2 Å². The van der Waals surface area contributed by atoms with Gasteiger partial charge in [-0.25, -0.2) is 4.98 Å². The monoisotopic (exact) mass is 274 g/mol. The Morgan fingerprint density at radius 2 is 1.65 bits per heavy atom. The molecule has 0 aliphatic carbocycles. The minimum Gasteiger partial charge on any atom is -0.364 e. The van der Waals surface area contributed by atoms with Crippen molar-refractivity contribution < 1.29 is 4.79 Å². The summed E-state index contributed by atoms with van der Waals surface area (Å²) in [6.45, 7) is 10.1. The van der Waals surface area contributed by atoms with Crippen LogP contribution in [-0.2, 0) is 0 Å². The van der Waals surface area contributed by atoms with Crippen molar-refractivity contribution >= 4 is 16.9 Å². The van der Waals surface area contributed by atoms with E-state index in [0.717, 1.165) is 5.52 Å². The van der Waals surface area contributed by atoms with E-state index in [1.165, 1.54) is 25.8 Å². The first kappa shape index (κ1) is 16.0. The second kappa shape index (κ2) is 8.22. The highest BCUT2D eigenvalue weighted by Gasteiger charge is 2.03. The quantitative estimate of drug-likeness (QED) is 0.926. The molecular weight excluding hydrogens is 252 g/mol. The number of benzene rings is 1. The molecule has 0 unspecified atom stereocenters. The van der Waals surface area contributed by atoms with Crippen LogP contribution in [0.15, 0.2) is 30.5 Å². The van der Waals surface area contributed by atoms with Gasteiger partial charge in [0.1, 0.15) is 5.69 Å². The molecule has 0 aliphatic rings. The lowest BCUT2D eigenvalue weighted by molar-refractivity contribution is 0.0995. The number of aromatic nitrogens is 2. The van der Waals surface area contributed by atoms with Gasteiger partial charge in [-0.3, -0.25) is 9.78 Å². The van der Waals surface area contributed by atoms with E-state index in [9.17, 15) is 4.79 Å². The van der Waals surface area contributed by atoms with Crippen molar-refractivity contribution in [3.63, 3.8) is 0 Å². The van der Waals surface area contributed by atoms with Crippen molar-refractivity contribution in [3.8, 4) is 0 Å². The van der Waals surface area contributed by atoms with Gasteiger partial charge in [0, 0.05) is 0 Å². The highest BCUT2D eigenvalue weighted by molar-refractivity contribution is 5.92. The number of rotatable bonds is 4. The predicted octanol–water partition coefficient (Wildman–Crippen LogP) is 2.08. The summed E-state index contributed by atoms with van der Waals surface area (Å²) in [6.07, 6.45) is 1.38. The first-order valence-electron chi connectivity index (χ1n) is 6.86. The van der Waals surface area contributed by atoms with Crippen molar-refractivity contribution in [3.05, 3.63) is 36.2 Å². The zero-order chi connectivity index (χ0) is 15.0. The highest BCUT2D eigenvalue weighted by Crippen LogP contribution is 2.07. The minimum atomic E-state index is -0.557. The molecule has 0 spiro atoms. The van der Waals surface area contributed by atoms with Gasteiger partial charge >= 0.3 is 0 Å². The molecule has 0 bridgehead atoms. The number of hydrogen-bond donors (Lipinski definition) is 1. The van der Waals surface area contributed by atoms with Crippen LogP contribution in [0.2, 0.25) is 0 Å². The zero-order valence-corrected chi connectivity index (χ0v) is 12.3. The lowest BCUT2D eigenvalue weighted by atomic mass is 10.3. The molecule has 0 atom stereocenters. The molecule has 1 heterocycles. The van der Waals surface area contributed by atoms with Gasteiger partial charge in [0.2, 0.25) is 0 Å². The number of amides is 1. The Morgan fingerprint density at radius 3 is 2.10 bits per heavy atom. The normalized spacial score (nSPS) is 10.2. The van der Waals surface area contributed by atoms with Crippen molar-refractivity contribution in [1.82, 2.24) is 14.9 Å². The molecule has 1 aromatic heterocycles. The molecule has 0 radical (unpaired) electrons. The van der Waals surface area contributed by atoms with Crippen LogP contribution >= 0.6 is 0 Å². The maximum Gasteiger partial charge on any atom is 0.268 e. The molecule has 108 valence electrons. The fourth-order valence-electron chi connectivity index (χ4n) is 1.75. The summed E-state index contributed by atoms with van der Waals surface area (Å²) < 4.78 is 0. The van der Waals surface area contributed by atoms with Crippen molar-refractivity contribution in [2.24, 2.45) is 5.73 Å². The molecule has 0 fully saturated rings. The molecule has 0 saturated carbocycles. The molecule has 5 nitrogen and oxygen atoms in total. The Hall–Kier alpha value is -2.01. The number of carbonyl (C=O) groups excluding carboxylic acids is 1. The summed E-state index contributed by atoms with van der Waals surface area (Å²) in [4.78, 5) is 21.2. The van der Waals surface area contributed by atoms with Gasteiger partial charge in [0.25, 0.3) is 5.91 Å². The topological polar surface area (TPSA) is 72.1 Å². The van der Waals surface area contributed by atoms with Crippen molar-refractivity contribution in [1.29, 1.82) is 0 Å². The average Bonchev–Trinajstić information content (AvgIpc) is 2.49. The number of nitrogens with zero attached hydrogens (tertiary/aromatic N) is 3. The first-order chi connectivity index (χ1) is 9.62. The van der Waals surface area contributed by atoms with E-state index < -0.39 is 5.91 Å². The summed E-state index contributed by atoms with van der Waals surface area (Å²) in [5.41, 5.74) is 6.69. The second-order valence-electron chi connectivity index (χ2n) is 4.23. The zero-order valence-electron chi connectivity index (χ0n) is 12.3. The van der Waals surface area contributed by atoms with Crippen molar-refractivity contribution in [2.45, 2.75) is 20.8 Å². The Labute approximate surface area is 119 Å². The van der Waals surface area contributed by atoms with E-state index in [0.29, 0.717) is 5.52 Å². The van der Waals surface area contributed by atoms with E-state index in [-0.39, 0.29) is 5.69 Å². The van der Waals surface area contributed by atoms with Crippen LogP contribution in [0.25, 0.3) is 11.0 Å². The van der Waals surface area contributed by atoms with E-state index in [1.54, 1.807) is 6.07 Å². The Bertz CT molecular complexity index is 547. The van der Waals surface area contributed by atoms with Gasteiger partial charge < -0.3 is 10.6 Å². The molecule has 0 aliphatic heterocycles. The third-order valence-electron chi connectivity index (χ3n) is 3.04. The van der Waals surface area contributed by atoms with Gasteiger partial charge in [-0.1, -0.05) is 32.9 Å². The number of primary amides is 1. The minimum absolute atomic E-state index is 0.193. The third-order valence-corrected chi connectivity index (χ3v) is 3.04. The summed E-state index contributed by atoms with van der Waals surface area (Å²) in [7, 11) is 0.